The molecular formula is C18H19NO2. The van der Waals surface area contributed by atoms with Crippen molar-refractivity contribution in [3.05, 3.63) is 65.2 Å². The third-order valence-electron chi connectivity index (χ3n) is 4.03. The summed E-state index contributed by atoms with van der Waals surface area (Å²) >= 11 is 0. The Morgan fingerprint density at radius 2 is 1.90 bits per heavy atom. The molecule has 1 unspecified atom stereocenters. The number of rotatable bonds is 3. The second kappa shape index (κ2) is 6.00. The van der Waals surface area contributed by atoms with Crippen molar-refractivity contribution in [2.24, 2.45) is 0 Å². The third kappa shape index (κ3) is 2.77. The van der Waals surface area contributed by atoms with Gasteiger partial charge in [0.1, 0.15) is 5.75 Å². The number of fused-ring (bicyclic) bond motifs is 1. The topological polar surface area (TPSA) is 38.3 Å². The summed E-state index contributed by atoms with van der Waals surface area (Å²) in [5, 5.41) is 3.15. The van der Waals surface area contributed by atoms with Crippen molar-refractivity contribution in [3.8, 4) is 5.75 Å². The fourth-order valence-corrected chi connectivity index (χ4v) is 2.97. The largest absolute Gasteiger partial charge is 0.496 e. The van der Waals surface area contributed by atoms with E-state index in [1.807, 2.05) is 24.3 Å². The molecule has 2 aromatic carbocycles. The van der Waals surface area contributed by atoms with Gasteiger partial charge in [-0.15, -0.1) is 0 Å². The van der Waals surface area contributed by atoms with Crippen LogP contribution in [0.5, 0.6) is 5.75 Å². The van der Waals surface area contributed by atoms with Crippen LogP contribution >= 0.6 is 0 Å². The van der Waals surface area contributed by atoms with Crippen molar-refractivity contribution in [1.29, 1.82) is 0 Å². The molecule has 0 radical (unpaired) electrons. The van der Waals surface area contributed by atoms with E-state index in [0.29, 0.717) is 11.3 Å². The van der Waals surface area contributed by atoms with Crippen molar-refractivity contribution in [2.45, 2.75) is 25.3 Å². The number of carbonyl (C=O) groups excluding carboxylic acids is 1. The second-order valence-corrected chi connectivity index (χ2v) is 5.32. The summed E-state index contributed by atoms with van der Waals surface area (Å²) in [5.74, 6) is 0.535. The molecule has 3 heteroatoms. The van der Waals surface area contributed by atoms with Gasteiger partial charge < -0.3 is 10.1 Å². The Kier molecular flexibility index (Phi) is 3.91. The normalized spacial score (nSPS) is 16.9. The quantitative estimate of drug-likeness (QED) is 0.935. The van der Waals surface area contributed by atoms with Gasteiger partial charge >= 0.3 is 0 Å². The molecule has 1 aliphatic carbocycles. The molecule has 0 aromatic heterocycles. The molecule has 1 amide bonds. The van der Waals surface area contributed by atoms with Crippen molar-refractivity contribution in [3.63, 3.8) is 0 Å². The van der Waals surface area contributed by atoms with Crippen molar-refractivity contribution in [2.75, 3.05) is 7.11 Å². The number of ether oxygens (including phenoxy) is 1. The van der Waals surface area contributed by atoms with E-state index in [1.54, 1.807) is 13.2 Å². The van der Waals surface area contributed by atoms with Crippen LogP contribution in [0.15, 0.2) is 48.5 Å². The molecule has 3 nitrogen and oxygen atoms in total. The molecule has 1 N–H and O–H groups in total. The van der Waals surface area contributed by atoms with Gasteiger partial charge in [0.2, 0.25) is 0 Å². The van der Waals surface area contributed by atoms with Gasteiger partial charge in [0.15, 0.2) is 0 Å². The molecular weight excluding hydrogens is 262 g/mol. The number of carbonyl (C=O) groups is 1. The Morgan fingerprint density at radius 3 is 2.76 bits per heavy atom. The Hall–Kier alpha value is -2.29. The number of para-hydroxylation sites is 1. The predicted octanol–water partition coefficient (Wildman–Crippen LogP) is 3.50. The minimum Gasteiger partial charge on any atom is -0.496 e. The molecule has 21 heavy (non-hydrogen) atoms. The highest BCUT2D eigenvalue weighted by Gasteiger charge is 2.22. The first-order chi connectivity index (χ1) is 10.3. The second-order valence-electron chi connectivity index (χ2n) is 5.32. The first-order valence-corrected chi connectivity index (χ1v) is 7.31. The van der Waals surface area contributed by atoms with E-state index in [9.17, 15) is 4.79 Å². The van der Waals surface area contributed by atoms with Crippen LogP contribution in [0.2, 0.25) is 0 Å². The zero-order valence-electron chi connectivity index (χ0n) is 12.1. The number of hydrogen-bond donors (Lipinski definition) is 1. The Bertz CT molecular complexity index is 651. The van der Waals surface area contributed by atoms with E-state index >= 15 is 0 Å². The van der Waals surface area contributed by atoms with E-state index in [1.165, 1.54) is 11.1 Å². The molecule has 0 fully saturated rings. The van der Waals surface area contributed by atoms with Gasteiger partial charge in [-0.2, -0.15) is 0 Å². The maximum Gasteiger partial charge on any atom is 0.255 e. The minimum atomic E-state index is -0.0749. The van der Waals surface area contributed by atoms with Gasteiger partial charge in [-0.25, -0.2) is 0 Å². The highest BCUT2D eigenvalue weighted by atomic mass is 16.5. The first kappa shape index (κ1) is 13.7. The summed E-state index contributed by atoms with van der Waals surface area (Å²) in [5.41, 5.74) is 3.17. The maximum atomic E-state index is 12.5. The van der Waals surface area contributed by atoms with Crippen LogP contribution < -0.4 is 10.1 Å². The number of benzene rings is 2. The minimum absolute atomic E-state index is 0.0749. The van der Waals surface area contributed by atoms with Crippen molar-refractivity contribution >= 4 is 5.91 Å². The Labute approximate surface area is 124 Å². The molecule has 0 saturated heterocycles. The molecule has 1 atom stereocenters. The number of methoxy groups -OCH3 is 1. The summed E-state index contributed by atoms with van der Waals surface area (Å²) < 4.78 is 5.26. The highest BCUT2D eigenvalue weighted by Crippen LogP contribution is 2.30. The summed E-state index contributed by atoms with van der Waals surface area (Å²) in [6.45, 7) is 0. The van der Waals surface area contributed by atoms with Gasteiger partial charge in [-0.1, -0.05) is 36.4 Å². The van der Waals surface area contributed by atoms with Gasteiger partial charge in [0, 0.05) is 0 Å². The van der Waals surface area contributed by atoms with Crippen LogP contribution in [0.3, 0.4) is 0 Å². The molecule has 0 saturated carbocycles. The zero-order chi connectivity index (χ0) is 14.7. The van der Waals surface area contributed by atoms with E-state index < -0.39 is 0 Å². The van der Waals surface area contributed by atoms with Crippen LogP contribution in [0.4, 0.5) is 0 Å². The SMILES string of the molecule is COc1ccccc1C(=O)NC1CCCc2ccccc21. The summed E-state index contributed by atoms with van der Waals surface area (Å²) in [6, 6.07) is 15.8. The number of aryl methyl sites for hydroxylation is 1. The van der Waals surface area contributed by atoms with Crippen molar-refractivity contribution < 1.29 is 9.53 Å². The molecule has 2 aromatic rings. The number of amides is 1. The predicted molar refractivity (Wildman–Crippen MR) is 82.6 cm³/mol. The van der Waals surface area contributed by atoms with E-state index in [2.05, 4.69) is 23.5 Å². The fraction of sp³-hybridized carbons (Fsp3) is 0.278. The van der Waals surface area contributed by atoms with Crippen LogP contribution in [0.25, 0.3) is 0 Å². The monoisotopic (exact) mass is 281 g/mol. The Morgan fingerprint density at radius 1 is 1.14 bits per heavy atom. The number of hydrogen-bond acceptors (Lipinski definition) is 2. The molecule has 0 aliphatic heterocycles. The highest BCUT2D eigenvalue weighted by molar-refractivity contribution is 5.97. The van der Waals surface area contributed by atoms with Crippen LogP contribution in [0, 0.1) is 0 Å². The van der Waals surface area contributed by atoms with E-state index in [0.717, 1.165) is 19.3 Å². The lowest BCUT2D eigenvalue weighted by atomic mass is 9.87. The van der Waals surface area contributed by atoms with Gasteiger partial charge in [-0.05, 0) is 42.5 Å². The van der Waals surface area contributed by atoms with Crippen LogP contribution in [0.1, 0.15) is 40.4 Å². The van der Waals surface area contributed by atoms with Crippen LogP contribution in [-0.4, -0.2) is 13.0 Å². The smallest absolute Gasteiger partial charge is 0.255 e. The lowest BCUT2D eigenvalue weighted by Gasteiger charge is -2.26. The first-order valence-electron chi connectivity index (χ1n) is 7.31. The van der Waals surface area contributed by atoms with E-state index in [-0.39, 0.29) is 11.9 Å². The average molecular weight is 281 g/mol. The fourth-order valence-electron chi connectivity index (χ4n) is 2.97. The molecule has 0 bridgehead atoms. The average Bonchev–Trinajstić information content (AvgIpc) is 2.55. The lowest BCUT2D eigenvalue weighted by molar-refractivity contribution is 0.0929. The standard InChI is InChI=1S/C18H19NO2/c1-21-17-12-5-4-10-15(17)18(20)19-16-11-6-8-13-7-2-3-9-14(13)16/h2-5,7,9-10,12,16H,6,8,11H2,1H3,(H,19,20). The molecule has 3 rings (SSSR count). The zero-order valence-corrected chi connectivity index (χ0v) is 12.1. The molecule has 0 spiro atoms. The lowest BCUT2D eigenvalue weighted by Crippen LogP contribution is -2.31. The van der Waals surface area contributed by atoms with E-state index in [4.69, 9.17) is 4.74 Å². The number of nitrogens with one attached hydrogen (secondary N) is 1. The summed E-state index contributed by atoms with van der Waals surface area (Å²) in [6.07, 6.45) is 3.18. The summed E-state index contributed by atoms with van der Waals surface area (Å²) in [4.78, 5) is 12.5. The molecule has 0 heterocycles. The Balaban J connectivity index is 1.83. The third-order valence-corrected chi connectivity index (χ3v) is 4.03. The molecule has 1 aliphatic rings. The summed E-state index contributed by atoms with van der Waals surface area (Å²) in [7, 11) is 1.59. The van der Waals surface area contributed by atoms with Gasteiger partial charge in [-0.3, -0.25) is 4.79 Å². The van der Waals surface area contributed by atoms with Gasteiger partial charge in [0.05, 0.1) is 18.7 Å². The van der Waals surface area contributed by atoms with Gasteiger partial charge in [0.25, 0.3) is 5.91 Å². The van der Waals surface area contributed by atoms with Crippen LogP contribution in [-0.2, 0) is 6.42 Å². The van der Waals surface area contributed by atoms with Crippen molar-refractivity contribution in [1.82, 2.24) is 5.32 Å². The molecule has 108 valence electrons. The maximum absolute atomic E-state index is 12.5.